The minimum atomic E-state index is -3.82. The number of hydrogen-bond acceptors (Lipinski definition) is 5. The van der Waals surface area contributed by atoms with Crippen LogP contribution in [0.5, 0.6) is 0 Å². The van der Waals surface area contributed by atoms with Gasteiger partial charge in [0.2, 0.25) is 0 Å². The Bertz CT molecular complexity index is 648. The summed E-state index contributed by atoms with van der Waals surface area (Å²) < 4.78 is 28.6. The van der Waals surface area contributed by atoms with Gasteiger partial charge in [0.15, 0.2) is 5.76 Å². The van der Waals surface area contributed by atoms with Crippen LogP contribution in [0.2, 0.25) is 4.34 Å². The van der Waals surface area contributed by atoms with Crippen LogP contribution in [0, 0.1) is 0 Å². The maximum Gasteiger partial charge on any atom is 0.301 e. The van der Waals surface area contributed by atoms with Gasteiger partial charge in [-0.3, -0.25) is 10.2 Å². The second kappa shape index (κ2) is 5.11. The van der Waals surface area contributed by atoms with Crippen LogP contribution in [-0.4, -0.2) is 14.3 Å². The van der Waals surface area contributed by atoms with E-state index in [2.05, 4.69) is 0 Å². The van der Waals surface area contributed by atoms with E-state index in [4.69, 9.17) is 16.0 Å². The van der Waals surface area contributed by atoms with Crippen molar-refractivity contribution in [2.45, 2.75) is 4.21 Å². The molecule has 0 aliphatic rings. The predicted octanol–water partition coefficient (Wildman–Crippen LogP) is 1.62. The Morgan fingerprint density at radius 3 is 2.67 bits per heavy atom. The molecular formula is C9H7ClN2O4S2. The molecule has 0 saturated carbocycles. The maximum absolute atomic E-state index is 11.7. The Balaban J connectivity index is 2.04. The summed E-state index contributed by atoms with van der Waals surface area (Å²) in [6.45, 7) is 0. The van der Waals surface area contributed by atoms with Gasteiger partial charge in [0.05, 0.1) is 10.6 Å². The molecule has 1 amide bonds. The first-order chi connectivity index (χ1) is 8.49. The van der Waals surface area contributed by atoms with E-state index >= 15 is 0 Å². The molecule has 0 aliphatic carbocycles. The Hall–Kier alpha value is -1.35. The first-order valence-corrected chi connectivity index (χ1v) is 7.28. The molecule has 18 heavy (non-hydrogen) atoms. The second-order valence-electron chi connectivity index (χ2n) is 3.10. The summed E-state index contributed by atoms with van der Waals surface area (Å²) in [5, 5.41) is 0. The molecule has 0 saturated heterocycles. The Labute approximate surface area is 112 Å². The molecule has 2 heterocycles. The van der Waals surface area contributed by atoms with Crippen LogP contribution in [-0.2, 0) is 10.0 Å². The highest BCUT2D eigenvalue weighted by atomic mass is 35.5. The first-order valence-electron chi connectivity index (χ1n) is 4.60. The van der Waals surface area contributed by atoms with Gasteiger partial charge in [-0.15, -0.1) is 16.2 Å². The molecular weight excluding hydrogens is 300 g/mol. The molecule has 0 fully saturated rings. The molecule has 6 nitrogen and oxygen atoms in total. The molecule has 9 heteroatoms. The molecule has 0 radical (unpaired) electrons. The van der Waals surface area contributed by atoms with E-state index in [1.165, 1.54) is 30.5 Å². The molecule has 0 atom stereocenters. The number of halogens is 1. The van der Waals surface area contributed by atoms with Crippen LogP contribution >= 0.6 is 22.9 Å². The molecule has 0 unspecified atom stereocenters. The average Bonchev–Trinajstić information content (AvgIpc) is 2.96. The Kier molecular flexibility index (Phi) is 3.71. The zero-order valence-corrected chi connectivity index (χ0v) is 11.1. The molecule has 2 rings (SSSR count). The quantitative estimate of drug-likeness (QED) is 0.840. The number of thiophene rings is 1. The zero-order chi connectivity index (χ0) is 13.2. The van der Waals surface area contributed by atoms with Crippen LogP contribution in [0.4, 0.5) is 0 Å². The van der Waals surface area contributed by atoms with Crippen molar-refractivity contribution in [1.82, 2.24) is 10.3 Å². The molecule has 0 aliphatic heterocycles. The summed E-state index contributed by atoms with van der Waals surface area (Å²) in [5.41, 5.74) is 2.03. The number of sulfonamides is 1. The smallest absolute Gasteiger partial charge is 0.301 e. The fraction of sp³-hybridized carbons (Fsp3) is 0. The Morgan fingerprint density at radius 2 is 2.11 bits per heavy atom. The van der Waals surface area contributed by atoms with Gasteiger partial charge in [0.1, 0.15) is 4.21 Å². The Morgan fingerprint density at radius 1 is 1.33 bits per heavy atom. The zero-order valence-electron chi connectivity index (χ0n) is 8.71. The highest BCUT2D eigenvalue weighted by molar-refractivity contribution is 7.91. The number of nitrogens with one attached hydrogen (secondary N) is 2. The van der Waals surface area contributed by atoms with Crippen molar-refractivity contribution < 1.29 is 17.6 Å². The first kappa shape index (κ1) is 13.1. The third-order valence-electron chi connectivity index (χ3n) is 1.86. The highest BCUT2D eigenvalue weighted by Crippen LogP contribution is 2.24. The number of furan rings is 1. The van der Waals surface area contributed by atoms with Gasteiger partial charge in [-0.2, -0.15) is 0 Å². The normalized spacial score (nSPS) is 11.4. The standard InChI is InChI=1S/C9H7ClN2O4S2/c10-7-3-4-8(17-7)18(14,15)12-11-9(13)6-2-1-5-16-6/h1-5,12H,(H,11,13). The van der Waals surface area contributed by atoms with Gasteiger partial charge >= 0.3 is 5.91 Å². The van der Waals surface area contributed by atoms with Crippen molar-refractivity contribution in [2.24, 2.45) is 0 Å². The molecule has 0 aromatic carbocycles. The van der Waals surface area contributed by atoms with Crippen LogP contribution in [0.15, 0.2) is 39.2 Å². The van der Waals surface area contributed by atoms with Crippen molar-refractivity contribution in [3.8, 4) is 0 Å². The number of hydrazine groups is 1. The largest absolute Gasteiger partial charge is 0.459 e. The lowest BCUT2D eigenvalue weighted by atomic mass is 10.4. The van der Waals surface area contributed by atoms with Crippen LogP contribution < -0.4 is 10.3 Å². The van der Waals surface area contributed by atoms with Gasteiger partial charge in [-0.05, 0) is 24.3 Å². The summed E-state index contributed by atoms with van der Waals surface area (Å²) in [4.78, 5) is 13.4. The van der Waals surface area contributed by atoms with Gasteiger partial charge < -0.3 is 4.42 Å². The summed E-state index contributed by atoms with van der Waals surface area (Å²) in [6, 6.07) is 5.72. The topological polar surface area (TPSA) is 88.4 Å². The van der Waals surface area contributed by atoms with Crippen molar-refractivity contribution in [1.29, 1.82) is 0 Å². The number of rotatable bonds is 4. The number of amides is 1. The third-order valence-corrected chi connectivity index (χ3v) is 4.83. The number of carbonyl (C=O) groups is 1. The monoisotopic (exact) mass is 306 g/mol. The summed E-state index contributed by atoms with van der Waals surface area (Å²) in [7, 11) is -3.82. The molecule has 96 valence electrons. The van der Waals surface area contributed by atoms with Crippen molar-refractivity contribution in [3.63, 3.8) is 0 Å². The van der Waals surface area contributed by atoms with Crippen molar-refractivity contribution in [2.75, 3.05) is 0 Å². The molecule has 2 aromatic rings. The van der Waals surface area contributed by atoms with E-state index in [0.717, 1.165) is 11.3 Å². The van der Waals surface area contributed by atoms with E-state index in [1.807, 2.05) is 10.3 Å². The fourth-order valence-electron chi connectivity index (χ4n) is 1.08. The second-order valence-corrected chi connectivity index (χ2v) is 6.72. The van der Waals surface area contributed by atoms with E-state index < -0.39 is 15.9 Å². The van der Waals surface area contributed by atoms with Gasteiger partial charge in [0.25, 0.3) is 10.0 Å². The van der Waals surface area contributed by atoms with E-state index in [-0.39, 0.29) is 9.97 Å². The predicted molar refractivity (Wildman–Crippen MR) is 65.8 cm³/mol. The van der Waals surface area contributed by atoms with Crippen LogP contribution in [0.3, 0.4) is 0 Å². The van der Waals surface area contributed by atoms with Gasteiger partial charge in [-0.1, -0.05) is 11.6 Å². The van der Waals surface area contributed by atoms with E-state index in [9.17, 15) is 13.2 Å². The van der Waals surface area contributed by atoms with Gasteiger partial charge in [-0.25, -0.2) is 8.42 Å². The lowest BCUT2D eigenvalue weighted by molar-refractivity contribution is 0.0917. The average molecular weight is 307 g/mol. The molecule has 0 spiro atoms. The van der Waals surface area contributed by atoms with Crippen molar-refractivity contribution in [3.05, 3.63) is 40.6 Å². The van der Waals surface area contributed by atoms with Crippen molar-refractivity contribution >= 4 is 38.9 Å². The summed E-state index contributed by atoms with van der Waals surface area (Å²) in [6.07, 6.45) is 1.31. The third kappa shape index (κ3) is 2.91. The van der Waals surface area contributed by atoms with E-state index in [1.54, 1.807) is 0 Å². The summed E-state index contributed by atoms with van der Waals surface area (Å²) >= 11 is 6.52. The molecule has 2 aromatic heterocycles. The lowest BCUT2D eigenvalue weighted by Crippen LogP contribution is -2.41. The number of carbonyl (C=O) groups excluding carboxylic acids is 1. The van der Waals surface area contributed by atoms with Crippen LogP contribution in [0.1, 0.15) is 10.6 Å². The maximum atomic E-state index is 11.7. The SMILES string of the molecule is O=C(NNS(=O)(=O)c1ccc(Cl)s1)c1ccco1. The molecule has 0 bridgehead atoms. The molecule has 2 N–H and O–H groups in total. The minimum Gasteiger partial charge on any atom is -0.459 e. The summed E-state index contributed by atoms with van der Waals surface area (Å²) in [5.74, 6) is -0.687. The van der Waals surface area contributed by atoms with E-state index in [0.29, 0.717) is 4.34 Å². The lowest BCUT2D eigenvalue weighted by Gasteiger charge is -2.04. The fourth-order valence-corrected chi connectivity index (χ4v) is 3.40. The minimum absolute atomic E-state index is 0.00177. The van der Waals surface area contributed by atoms with Gasteiger partial charge in [0, 0.05) is 0 Å². The van der Waals surface area contributed by atoms with Crippen LogP contribution in [0.25, 0.3) is 0 Å². The highest BCUT2D eigenvalue weighted by Gasteiger charge is 2.18. The number of hydrogen-bond donors (Lipinski definition) is 2.